The molecule has 0 spiro atoms. The highest BCUT2D eigenvalue weighted by Gasteiger charge is 2.09. The quantitative estimate of drug-likeness (QED) is 0.627. The van der Waals surface area contributed by atoms with Crippen molar-refractivity contribution in [3.05, 3.63) is 48.5 Å². The van der Waals surface area contributed by atoms with Gasteiger partial charge >= 0.3 is 0 Å². The van der Waals surface area contributed by atoms with Crippen molar-refractivity contribution in [2.75, 3.05) is 11.1 Å². The lowest BCUT2D eigenvalue weighted by atomic mass is 10.1. The molecule has 0 radical (unpaired) electrons. The highest BCUT2D eigenvalue weighted by Crippen LogP contribution is 2.29. The third-order valence-electron chi connectivity index (χ3n) is 3.24. The smallest absolute Gasteiger partial charge is 0.0539 e. The van der Waals surface area contributed by atoms with Crippen LogP contribution in [0, 0.1) is 0 Å². The van der Waals surface area contributed by atoms with Crippen LogP contribution >= 0.6 is 0 Å². The molecule has 3 aromatic rings. The molecule has 0 aliphatic heterocycles. The van der Waals surface area contributed by atoms with Crippen LogP contribution in [-0.4, -0.2) is 15.2 Å². The highest BCUT2D eigenvalue weighted by molar-refractivity contribution is 6.00. The van der Waals surface area contributed by atoms with Gasteiger partial charge in [-0.05, 0) is 25.1 Å². The monoisotopic (exact) mass is 253 g/mol. The van der Waals surface area contributed by atoms with Crippen molar-refractivity contribution in [1.29, 1.82) is 0 Å². The number of anilines is 2. The number of aromatic amines is 1. The van der Waals surface area contributed by atoms with E-state index in [0.29, 0.717) is 0 Å². The molecule has 0 amide bonds. The summed E-state index contributed by atoms with van der Waals surface area (Å²) in [6.45, 7) is 2.09. The molecule has 96 valence electrons. The van der Waals surface area contributed by atoms with Crippen LogP contribution in [0.4, 0.5) is 11.4 Å². The fourth-order valence-electron chi connectivity index (χ4n) is 2.15. The summed E-state index contributed by atoms with van der Waals surface area (Å²) in [5.74, 6) is 0. The lowest BCUT2D eigenvalue weighted by Crippen LogP contribution is -2.06. The average molecular weight is 253 g/mol. The zero-order valence-electron chi connectivity index (χ0n) is 10.6. The Morgan fingerprint density at radius 3 is 2.89 bits per heavy atom. The van der Waals surface area contributed by atoms with Gasteiger partial charge in [0.15, 0.2) is 0 Å². The van der Waals surface area contributed by atoms with Crippen LogP contribution in [0.3, 0.4) is 0 Å². The molecule has 1 atom stereocenters. The predicted octanol–water partition coefficient (Wildman–Crippen LogP) is 2.71. The lowest BCUT2D eigenvalue weighted by molar-refractivity contribution is 0.888. The Kier molecular flexibility index (Phi) is 2.79. The van der Waals surface area contributed by atoms with Gasteiger partial charge in [0.25, 0.3) is 0 Å². The van der Waals surface area contributed by atoms with Crippen LogP contribution in [-0.2, 0) is 0 Å². The maximum absolute atomic E-state index is 5.97. The molecule has 19 heavy (non-hydrogen) atoms. The number of nitrogens with two attached hydrogens (primary N) is 1. The Bertz CT molecular complexity index is 690. The summed E-state index contributed by atoms with van der Waals surface area (Å²) < 4.78 is 0. The summed E-state index contributed by atoms with van der Waals surface area (Å²) in [6, 6.07) is 6.03. The maximum atomic E-state index is 5.97. The number of nitrogens with zero attached hydrogens (tertiary/aromatic N) is 2. The molecule has 0 fully saturated rings. The number of hydrogen-bond acceptors (Lipinski definition) is 4. The molecule has 0 bridgehead atoms. The zero-order chi connectivity index (χ0) is 13.2. The Morgan fingerprint density at radius 1 is 1.21 bits per heavy atom. The zero-order valence-corrected chi connectivity index (χ0v) is 10.6. The van der Waals surface area contributed by atoms with Crippen LogP contribution in [0.1, 0.15) is 18.5 Å². The van der Waals surface area contributed by atoms with E-state index in [0.717, 1.165) is 27.7 Å². The molecule has 5 nitrogen and oxygen atoms in total. The van der Waals surface area contributed by atoms with Gasteiger partial charge in [-0.3, -0.25) is 10.1 Å². The molecule has 0 saturated heterocycles. The Balaban J connectivity index is 2.00. The summed E-state index contributed by atoms with van der Waals surface area (Å²) in [5.41, 5.74) is 8.86. The van der Waals surface area contributed by atoms with Gasteiger partial charge < -0.3 is 11.1 Å². The first-order valence-electron chi connectivity index (χ1n) is 6.13. The van der Waals surface area contributed by atoms with Crippen molar-refractivity contribution >= 4 is 22.1 Å². The van der Waals surface area contributed by atoms with Crippen molar-refractivity contribution in [2.45, 2.75) is 13.0 Å². The van der Waals surface area contributed by atoms with Crippen LogP contribution in [0.25, 0.3) is 10.8 Å². The van der Waals surface area contributed by atoms with Gasteiger partial charge in [0.05, 0.1) is 12.2 Å². The third-order valence-corrected chi connectivity index (χ3v) is 3.24. The van der Waals surface area contributed by atoms with Gasteiger partial charge in [0, 0.05) is 46.3 Å². The van der Waals surface area contributed by atoms with Gasteiger partial charge in [0.2, 0.25) is 0 Å². The van der Waals surface area contributed by atoms with Gasteiger partial charge in [-0.15, -0.1) is 0 Å². The molecule has 1 unspecified atom stereocenters. The molecular formula is C14H15N5. The second kappa shape index (κ2) is 4.61. The van der Waals surface area contributed by atoms with Crippen molar-refractivity contribution < 1.29 is 0 Å². The number of fused-ring (bicyclic) bond motifs is 1. The minimum absolute atomic E-state index is 0.165. The number of benzene rings is 1. The number of hydrogen-bond donors (Lipinski definition) is 3. The first-order valence-corrected chi connectivity index (χ1v) is 6.13. The van der Waals surface area contributed by atoms with Crippen LogP contribution in [0.5, 0.6) is 0 Å². The number of H-pyrrole nitrogens is 1. The molecule has 0 aliphatic rings. The minimum Gasteiger partial charge on any atom is -0.398 e. The van der Waals surface area contributed by atoms with Crippen molar-refractivity contribution in [3.8, 4) is 0 Å². The number of rotatable bonds is 3. The number of nitrogens with one attached hydrogen (secondary N) is 2. The molecular weight excluding hydrogens is 238 g/mol. The van der Waals surface area contributed by atoms with E-state index in [9.17, 15) is 0 Å². The van der Waals surface area contributed by atoms with E-state index >= 15 is 0 Å². The molecule has 2 aromatic heterocycles. The molecule has 4 N–H and O–H groups in total. The molecule has 2 heterocycles. The van der Waals surface area contributed by atoms with E-state index in [1.807, 2.05) is 30.6 Å². The minimum atomic E-state index is 0.165. The number of aromatic nitrogens is 3. The Morgan fingerprint density at radius 2 is 2.11 bits per heavy atom. The topological polar surface area (TPSA) is 79.6 Å². The number of pyridine rings is 1. The summed E-state index contributed by atoms with van der Waals surface area (Å²) in [4.78, 5) is 4.12. The van der Waals surface area contributed by atoms with E-state index in [4.69, 9.17) is 5.73 Å². The number of nitrogen functional groups attached to an aromatic ring is 1. The fraction of sp³-hybridized carbons (Fsp3) is 0.143. The van der Waals surface area contributed by atoms with E-state index in [-0.39, 0.29) is 6.04 Å². The van der Waals surface area contributed by atoms with Crippen LogP contribution < -0.4 is 11.1 Å². The fourth-order valence-corrected chi connectivity index (χ4v) is 2.15. The molecule has 0 aliphatic carbocycles. The second-order valence-electron chi connectivity index (χ2n) is 4.52. The normalized spacial score (nSPS) is 12.5. The second-order valence-corrected chi connectivity index (χ2v) is 4.52. The first kappa shape index (κ1) is 11.5. The molecule has 1 aromatic carbocycles. The SMILES string of the molecule is CC(Nc1ccc(N)c2cnccc12)c1cn[nH]c1. The summed E-state index contributed by atoms with van der Waals surface area (Å²) >= 11 is 0. The van der Waals surface area contributed by atoms with Crippen LogP contribution in [0.15, 0.2) is 43.0 Å². The Hall–Kier alpha value is -2.56. The van der Waals surface area contributed by atoms with Crippen molar-refractivity contribution in [2.24, 2.45) is 0 Å². The summed E-state index contributed by atoms with van der Waals surface area (Å²) in [5, 5.41) is 12.3. The van der Waals surface area contributed by atoms with Crippen molar-refractivity contribution in [1.82, 2.24) is 15.2 Å². The van der Waals surface area contributed by atoms with Gasteiger partial charge in [-0.25, -0.2) is 0 Å². The first-order chi connectivity index (χ1) is 9.25. The summed E-state index contributed by atoms with van der Waals surface area (Å²) in [6.07, 6.45) is 7.27. The molecule has 3 rings (SSSR count). The average Bonchev–Trinajstić information content (AvgIpc) is 2.96. The highest BCUT2D eigenvalue weighted by atomic mass is 15.1. The standard InChI is InChI=1S/C14H15N5/c1-9(10-6-17-18-7-10)19-14-3-2-13(15)12-8-16-5-4-11(12)14/h2-9,19H,15H2,1H3,(H,17,18). The predicted molar refractivity (Wildman–Crippen MR) is 76.8 cm³/mol. The third kappa shape index (κ3) is 2.10. The maximum Gasteiger partial charge on any atom is 0.0539 e. The molecule has 5 heteroatoms. The van der Waals surface area contributed by atoms with Gasteiger partial charge in [-0.2, -0.15) is 5.10 Å². The van der Waals surface area contributed by atoms with Gasteiger partial charge in [-0.1, -0.05) is 0 Å². The van der Waals surface area contributed by atoms with E-state index in [1.54, 1.807) is 12.4 Å². The van der Waals surface area contributed by atoms with Crippen LogP contribution in [0.2, 0.25) is 0 Å². The van der Waals surface area contributed by atoms with Gasteiger partial charge in [0.1, 0.15) is 0 Å². The van der Waals surface area contributed by atoms with E-state index < -0.39 is 0 Å². The summed E-state index contributed by atoms with van der Waals surface area (Å²) in [7, 11) is 0. The van der Waals surface area contributed by atoms with Crippen molar-refractivity contribution in [3.63, 3.8) is 0 Å². The Labute approximate surface area is 110 Å². The lowest BCUT2D eigenvalue weighted by Gasteiger charge is -2.16. The molecule has 0 saturated carbocycles. The largest absolute Gasteiger partial charge is 0.398 e. The van der Waals surface area contributed by atoms with E-state index in [2.05, 4.69) is 27.4 Å². The van der Waals surface area contributed by atoms with E-state index in [1.165, 1.54) is 0 Å².